The summed E-state index contributed by atoms with van der Waals surface area (Å²) < 4.78 is 16.6. The zero-order valence-electron chi connectivity index (χ0n) is 15.8. The van der Waals surface area contributed by atoms with Crippen molar-refractivity contribution in [3.05, 3.63) is 65.7 Å². The predicted molar refractivity (Wildman–Crippen MR) is 107 cm³/mol. The largest absolute Gasteiger partial charge is 0.542 e. The van der Waals surface area contributed by atoms with E-state index in [1.165, 1.54) is 6.08 Å². The van der Waals surface area contributed by atoms with Crippen LogP contribution in [-0.4, -0.2) is 28.0 Å². The van der Waals surface area contributed by atoms with E-state index in [0.29, 0.717) is 24.5 Å². The van der Waals surface area contributed by atoms with Crippen molar-refractivity contribution in [3.8, 4) is 11.5 Å². The first-order chi connectivity index (χ1) is 12.4. The zero-order valence-corrected chi connectivity index (χ0v) is 16.8. The van der Waals surface area contributed by atoms with Gasteiger partial charge in [0.1, 0.15) is 5.75 Å². The summed E-state index contributed by atoms with van der Waals surface area (Å²) >= 11 is 0. The van der Waals surface area contributed by atoms with Gasteiger partial charge in [0.15, 0.2) is 5.75 Å². The van der Waals surface area contributed by atoms with Crippen LogP contribution in [0.2, 0.25) is 19.6 Å². The van der Waals surface area contributed by atoms with E-state index in [2.05, 4.69) is 19.6 Å². The summed E-state index contributed by atoms with van der Waals surface area (Å²) in [5.74, 6) is 1.03. The first-order valence-corrected chi connectivity index (χ1v) is 12.0. The van der Waals surface area contributed by atoms with E-state index >= 15 is 0 Å². The fourth-order valence-electron chi connectivity index (χ4n) is 2.33. The minimum absolute atomic E-state index is 0.357. The van der Waals surface area contributed by atoms with Gasteiger partial charge in [-0.15, -0.1) is 0 Å². The summed E-state index contributed by atoms with van der Waals surface area (Å²) in [5.41, 5.74) is 2.01. The maximum atomic E-state index is 11.9. The normalized spacial score (nSPS) is 11.4. The number of benzene rings is 2. The lowest BCUT2D eigenvalue weighted by molar-refractivity contribution is -0.137. The van der Waals surface area contributed by atoms with Gasteiger partial charge in [0, 0.05) is 12.5 Å². The van der Waals surface area contributed by atoms with Crippen LogP contribution < -0.4 is 9.16 Å². The van der Waals surface area contributed by atoms with Crippen LogP contribution in [0.5, 0.6) is 11.5 Å². The lowest BCUT2D eigenvalue weighted by Gasteiger charge is -2.21. The molecular weight excluding hydrogens is 344 g/mol. The third kappa shape index (κ3) is 6.76. The van der Waals surface area contributed by atoms with Gasteiger partial charge in [0.2, 0.25) is 8.32 Å². The molecule has 2 aromatic carbocycles. The van der Waals surface area contributed by atoms with Crippen molar-refractivity contribution < 1.29 is 18.7 Å². The summed E-state index contributed by atoms with van der Waals surface area (Å²) in [6.45, 7) is 6.69. The Morgan fingerprint density at radius 3 is 2.42 bits per heavy atom. The number of rotatable bonds is 8. The highest BCUT2D eigenvalue weighted by molar-refractivity contribution is 6.70. The second kappa shape index (κ2) is 9.24. The van der Waals surface area contributed by atoms with Crippen LogP contribution in [0.25, 0.3) is 6.08 Å². The van der Waals surface area contributed by atoms with Gasteiger partial charge >= 0.3 is 5.97 Å². The van der Waals surface area contributed by atoms with Gasteiger partial charge in [0.05, 0.1) is 13.7 Å². The number of hydrogen-bond acceptors (Lipinski definition) is 4. The molecule has 0 aliphatic heterocycles. The molecule has 0 heterocycles. The molecule has 0 unspecified atom stereocenters. The van der Waals surface area contributed by atoms with Gasteiger partial charge in [-0.3, -0.25) is 0 Å². The number of esters is 1. The van der Waals surface area contributed by atoms with Crippen LogP contribution in [0, 0.1) is 0 Å². The van der Waals surface area contributed by atoms with Gasteiger partial charge in [0.25, 0.3) is 0 Å². The maximum Gasteiger partial charge on any atom is 0.330 e. The SMILES string of the molecule is COc1ccc(/C=C/C(=O)OCCc2ccccc2)cc1O[Si](C)(C)C. The number of methoxy groups -OCH3 is 1. The number of hydrogen-bond donors (Lipinski definition) is 0. The minimum Gasteiger partial charge on any atom is -0.542 e. The molecule has 0 aliphatic rings. The highest BCUT2D eigenvalue weighted by Crippen LogP contribution is 2.30. The molecule has 0 radical (unpaired) electrons. The van der Waals surface area contributed by atoms with Crippen LogP contribution in [0.4, 0.5) is 0 Å². The molecule has 0 fully saturated rings. The Kier molecular flexibility index (Phi) is 7.03. The average molecular weight is 371 g/mol. The predicted octanol–water partition coefficient (Wildman–Crippen LogP) is 4.71. The lowest BCUT2D eigenvalue weighted by atomic mass is 10.2. The number of carbonyl (C=O) groups is 1. The van der Waals surface area contributed by atoms with Gasteiger partial charge in [-0.05, 0) is 49.0 Å². The van der Waals surface area contributed by atoms with Gasteiger partial charge < -0.3 is 13.9 Å². The quantitative estimate of drug-likeness (QED) is 0.383. The molecule has 0 atom stereocenters. The van der Waals surface area contributed by atoms with E-state index in [-0.39, 0.29) is 5.97 Å². The molecule has 0 bridgehead atoms. The fourth-order valence-corrected chi connectivity index (χ4v) is 3.15. The maximum absolute atomic E-state index is 11.9. The van der Waals surface area contributed by atoms with E-state index in [4.69, 9.17) is 13.9 Å². The molecule has 5 heteroatoms. The van der Waals surface area contributed by atoms with Gasteiger partial charge in [-0.2, -0.15) is 0 Å². The molecule has 4 nitrogen and oxygen atoms in total. The van der Waals surface area contributed by atoms with E-state index < -0.39 is 8.32 Å². The third-order valence-corrected chi connectivity index (χ3v) is 4.33. The monoisotopic (exact) mass is 370 g/mol. The standard InChI is InChI=1S/C21H26O4Si/c1-23-19-12-10-18(16-20(19)25-26(2,3)4)11-13-21(22)24-15-14-17-8-6-5-7-9-17/h5-13,16H,14-15H2,1-4H3/b13-11+. The second-order valence-electron chi connectivity index (χ2n) is 6.86. The topological polar surface area (TPSA) is 44.8 Å². The third-order valence-electron chi connectivity index (χ3n) is 3.49. The van der Waals surface area contributed by atoms with E-state index in [0.717, 1.165) is 11.1 Å². The Morgan fingerprint density at radius 2 is 1.77 bits per heavy atom. The van der Waals surface area contributed by atoms with Crippen molar-refractivity contribution in [2.75, 3.05) is 13.7 Å². The highest BCUT2D eigenvalue weighted by atomic mass is 28.4. The van der Waals surface area contributed by atoms with Crippen molar-refractivity contribution in [2.45, 2.75) is 26.1 Å². The fraction of sp³-hybridized carbons (Fsp3) is 0.286. The Bertz CT molecular complexity index is 748. The second-order valence-corrected chi connectivity index (χ2v) is 11.3. The molecule has 0 aliphatic carbocycles. The first kappa shape index (κ1) is 19.8. The molecule has 0 N–H and O–H groups in total. The van der Waals surface area contributed by atoms with Crippen LogP contribution in [-0.2, 0) is 16.0 Å². The molecule has 0 amide bonds. The minimum atomic E-state index is -1.76. The molecule has 0 saturated heterocycles. The van der Waals surface area contributed by atoms with Crippen molar-refractivity contribution in [1.82, 2.24) is 0 Å². The van der Waals surface area contributed by atoms with Crippen LogP contribution in [0.3, 0.4) is 0 Å². The first-order valence-electron chi connectivity index (χ1n) is 8.63. The number of ether oxygens (including phenoxy) is 2. The number of carbonyl (C=O) groups excluding carboxylic acids is 1. The zero-order chi connectivity index (χ0) is 19.0. The van der Waals surface area contributed by atoms with Crippen molar-refractivity contribution in [3.63, 3.8) is 0 Å². The van der Waals surface area contributed by atoms with E-state index in [1.807, 2.05) is 48.5 Å². The van der Waals surface area contributed by atoms with Crippen LogP contribution in [0.15, 0.2) is 54.6 Å². The molecule has 2 rings (SSSR count). The molecule has 138 valence electrons. The van der Waals surface area contributed by atoms with Gasteiger partial charge in [-0.1, -0.05) is 36.4 Å². The summed E-state index contributed by atoms with van der Waals surface area (Å²) in [5, 5.41) is 0. The summed E-state index contributed by atoms with van der Waals surface area (Å²) in [7, 11) is -0.142. The highest BCUT2D eigenvalue weighted by Gasteiger charge is 2.18. The molecular formula is C21H26O4Si. The smallest absolute Gasteiger partial charge is 0.330 e. The molecule has 0 aromatic heterocycles. The van der Waals surface area contributed by atoms with Gasteiger partial charge in [-0.25, -0.2) is 4.79 Å². The molecule has 0 spiro atoms. The Hall–Kier alpha value is -2.53. The van der Waals surface area contributed by atoms with E-state index in [1.54, 1.807) is 13.2 Å². The van der Waals surface area contributed by atoms with Crippen LogP contribution in [0.1, 0.15) is 11.1 Å². The Balaban J connectivity index is 1.94. The molecule has 26 heavy (non-hydrogen) atoms. The Morgan fingerprint density at radius 1 is 1.04 bits per heavy atom. The average Bonchev–Trinajstić information content (AvgIpc) is 2.60. The van der Waals surface area contributed by atoms with E-state index in [9.17, 15) is 4.79 Å². The van der Waals surface area contributed by atoms with Crippen molar-refractivity contribution in [1.29, 1.82) is 0 Å². The van der Waals surface area contributed by atoms with Crippen LogP contribution >= 0.6 is 0 Å². The molecule has 2 aromatic rings. The summed E-state index contributed by atoms with van der Waals surface area (Å²) in [6.07, 6.45) is 3.86. The summed E-state index contributed by atoms with van der Waals surface area (Å²) in [4.78, 5) is 11.9. The molecule has 0 saturated carbocycles. The van der Waals surface area contributed by atoms with Crippen molar-refractivity contribution >= 4 is 20.4 Å². The van der Waals surface area contributed by atoms with Crippen molar-refractivity contribution in [2.24, 2.45) is 0 Å². The summed E-state index contributed by atoms with van der Waals surface area (Å²) in [6, 6.07) is 15.5. The Labute approximate surface area is 156 Å². The lowest BCUT2D eigenvalue weighted by Crippen LogP contribution is -2.29.